The molecule has 11 aromatic rings. The molecule has 0 saturated heterocycles. The summed E-state index contributed by atoms with van der Waals surface area (Å²) in [4.78, 5) is 15.2. The van der Waals surface area contributed by atoms with E-state index in [0.29, 0.717) is 39.1 Å². The fourth-order valence-electron chi connectivity index (χ4n) is 7.65. The van der Waals surface area contributed by atoms with Crippen molar-refractivity contribution in [3.8, 4) is 62.1 Å². The van der Waals surface area contributed by atoms with E-state index in [-0.39, 0.29) is 35.6 Å². The highest BCUT2D eigenvalue weighted by Gasteiger charge is 2.19. The molecule has 0 amide bonds. The molecule has 5 nitrogen and oxygen atoms in total. The first kappa shape index (κ1) is 27.9. The quantitative estimate of drug-likeness (QED) is 0.172. The van der Waals surface area contributed by atoms with Crippen LogP contribution in [0.4, 0.5) is 0 Å². The fourth-order valence-corrected chi connectivity index (χ4v) is 7.65. The number of benzene rings is 8. The SMILES string of the molecule is [2H]c1c([2H])c([2H])c2c(c1[2H])c1cc(-c3cccc(-c4ccccc4)c3)ccc1n2-c1nc(-c2ccc(-c3ccccc3)cc2)nc(-c2ccc3c(c2)oc2ccccc23)n1. The van der Waals surface area contributed by atoms with Gasteiger partial charge in [-0.2, -0.15) is 9.97 Å². The van der Waals surface area contributed by atoms with E-state index in [1.807, 2.05) is 127 Å². The Bertz CT molecular complexity index is 3470. The van der Waals surface area contributed by atoms with Gasteiger partial charge < -0.3 is 4.42 Å². The molecule has 8 aromatic carbocycles. The zero-order valence-electron chi connectivity index (χ0n) is 33.9. The number of hydrogen-bond donors (Lipinski definition) is 0. The van der Waals surface area contributed by atoms with Gasteiger partial charge in [0.2, 0.25) is 5.95 Å². The van der Waals surface area contributed by atoms with Gasteiger partial charge in [-0.25, -0.2) is 4.98 Å². The van der Waals surface area contributed by atoms with Gasteiger partial charge in [0.1, 0.15) is 11.2 Å². The van der Waals surface area contributed by atoms with E-state index in [0.717, 1.165) is 55.3 Å². The Balaban J connectivity index is 1.15. The first-order valence-electron chi connectivity index (χ1n) is 20.4. The van der Waals surface area contributed by atoms with Crippen LogP contribution in [-0.2, 0) is 0 Å². The molecule has 262 valence electrons. The van der Waals surface area contributed by atoms with Crippen LogP contribution in [0.25, 0.3) is 106 Å². The number of para-hydroxylation sites is 2. The molecule has 0 spiro atoms. The summed E-state index contributed by atoms with van der Waals surface area (Å²) in [5.74, 6) is 1.01. The molecule has 56 heavy (non-hydrogen) atoms. The Morgan fingerprint density at radius 2 is 0.946 bits per heavy atom. The molecule has 0 aliphatic rings. The van der Waals surface area contributed by atoms with Crippen molar-refractivity contribution in [3.63, 3.8) is 0 Å². The molecule has 11 rings (SSSR count). The Morgan fingerprint density at radius 1 is 0.375 bits per heavy atom. The Morgan fingerprint density at radius 3 is 1.75 bits per heavy atom. The maximum Gasteiger partial charge on any atom is 0.238 e. The third kappa shape index (κ3) is 5.45. The third-order valence-electron chi connectivity index (χ3n) is 10.4. The standard InChI is InChI=1S/C51H32N4O/c1-3-12-33(13-4-1)35-22-24-36(25-23-35)49-52-50(40-26-28-43-42-19-8-10-21-47(42)56-48(43)32-40)54-51(53-49)55-45-20-9-7-18-41(45)44-31-39(27-29-46(44)55)38-17-11-16-37(30-38)34-14-5-2-6-15-34/h1-32H/i7D,9D,18D,20D. The summed E-state index contributed by atoms with van der Waals surface area (Å²) in [6.45, 7) is 0. The molecule has 3 aromatic heterocycles. The Labute approximate surface area is 328 Å². The highest BCUT2D eigenvalue weighted by molar-refractivity contribution is 6.10. The molecule has 0 aliphatic carbocycles. The number of fused-ring (bicyclic) bond motifs is 6. The van der Waals surface area contributed by atoms with E-state index in [1.165, 1.54) is 0 Å². The molecule has 0 radical (unpaired) electrons. The van der Waals surface area contributed by atoms with Crippen LogP contribution >= 0.6 is 0 Å². The van der Waals surface area contributed by atoms with Gasteiger partial charge in [-0.1, -0.05) is 152 Å². The summed E-state index contributed by atoms with van der Waals surface area (Å²) in [6.07, 6.45) is 0. The van der Waals surface area contributed by atoms with Crippen molar-refractivity contribution in [3.05, 3.63) is 194 Å². The normalized spacial score (nSPS) is 12.6. The summed E-state index contributed by atoms with van der Waals surface area (Å²) < 4.78 is 44.0. The number of nitrogens with zero attached hydrogens (tertiary/aromatic N) is 4. The number of furan rings is 1. The molecule has 0 saturated carbocycles. The van der Waals surface area contributed by atoms with E-state index in [1.54, 1.807) is 4.57 Å². The highest BCUT2D eigenvalue weighted by Crippen LogP contribution is 2.37. The lowest BCUT2D eigenvalue weighted by Gasteiger charge is -2.12. The summed E-state index contributed by atoms with van der Waals surface area (Å²) >= 11 is 0. The first-order valence-corrected chi connectivity index (χ1v) is 18.4. The highest BCUT2D eigenvalue weighted by atomic mass is 16.3. The zero-order valence-corrected chi connectivity index (χ0v) is 29.9. The fraction of sp³-hybridized carbons (Fsp3) is 0. The van der Waals surface area contributed by atoms with E-state index in [9.17, 15) is 2.74 Å². The van der Waals surface area contributed by atoms with Crippen LogP contribution in [0.5, 0.6) is 0 Å². The number of hydrogen-bond acceptors (Lipinski definition) is 4. The van der Waals surface area contributed by atoms with Crippen molar-refractivity contribution in [2.45, 2.75) is 0 Å². The molecular weight excluding hydrogens is 685 g/mol. The van der Waals surface area contributed by atoms with Gasteiger partial charge in [-0.15, -0.1) is 0 Å². The minimum absolute atomic E-state index is 0.133. The molecule has 0 fully saturated rings. The van der Waals surface area contributed by atoms with Gasteiger partial charge in [-0.3, -0.25) is 4.57 Å². The van der Waals surface area contributed by atoms with Crippen LogP contribution in [0.3, 0.4) is 0 Å². The van der Waals surface area contributed by atoms with Crippen LogP contribution in [-0.4, -0.2) is 19.5 Å². The van der Waals surface area contributed by atoms with Crippen LogP contribution in [0, 0.1) is 0 Å². The second-order valence-electron chi connectivity index (χ2n) is 13.8. The number of aromatic nitrogens is 4. The molecule has 0 N–H and O–H groups in total. The topological polar surface area (TPSA) is 56.7 Å². The van der Waals surface area contributed by atoms with E-state index in [2.05, 4.69) is 42.5 Å². The molecule has 0 unspecified atom stereocenters. The molecule has 3 heterocycles. The van der Waals surface area contributed by atoms with E-state index >= 15 is 0 Å². The molecule has 5 heteroatoms. The van der Waals surface area contributed by atoms with E-state index < -0.39 is 0 Å². The lowest BCUT2D eigenvalue weighted by Crippen LogP contribution is -2.06. The molecule has 0 aliphatic heterocycles. The predicted octanol–water partition coefficient (Wildman–Crippen LogP) is 13.2. The van der Waals surface area contributed by atoms with Gasteiger partial charge in [0.15, 0.2) is 11.6 Å². The van der Waals surface area contributed by atoms with Crippen molar-refractivity contribution in [1.82, 2.24) is 19.5 Å². The van der Waals surface area contributed by atoms with Gasteiger partial charge in [-0.05, 0) is 75.8 Å². The van der Waals surface area contributed by atoms with Crippen LogP contribution < -0.4 is 0 Å². The average molecular weight is 721 g/mol. The monoisotopic (exact) mass is 720 g/mol. The minimum atomic E-state index is -0.339. The van der Waals surface area contributed by atoms with Crippen molar-refractivity contribution in [2.75, 3.05) is 0 Å². The van der Waals surface area contributed by atoms with Crippen molar-refractivity contribution in [2.24, 2.45) is 0 Å². The van der Waals surface area contributed by atoms with E-state index in [4.69, 9.17) is 22.1 Å². The zero-order chi connectivity index (χ0) is 40.5. The van der Waals surface area contributed by atoms with Crippen LogP contribution in [0.15, 0.2) is 198 Å². The Kier molecular flexibility index (Phi) is 6.50. The summed E-state index contributed by atoms with van der Waals surface area (Å²) in [5, 5.41) is 3.03. The van der Waals surface area contributed by atoms with Gasteiger partial charge in [0, 0.05) is 32.7 Å². The second kappa shape index (κ2) is 13.0. The average Bonchev–Trinajstić information content (AvgIpc) is 3.86. The van der Waals surface area contributed by atoms with Gasteiger partial charge >= 0.3 is 0 Å². The first-order chi connectivity index (χ1) is 29.4. The lowest BCUT2D eigenvalue weighted by molar-refractivity contribution is 0.669. The Hall–Kier alpha value is -7.63. The largest absolute Gasteiger partial charge is 0.456 e. The third-order valence-corrected chi connectivity index (χ3v) is 10.4. The van der Waals surface area contributed by atoms with Crippen molar-refractivity contribution < 1.29 is 9.90 Å². The molecule has 0 bridgehead atoms. The number of rotatable bonds is 6. The van der Waals surface area contributed by atoms with Crippen LogP contribution in [0.2, 0.25) is 0 Å². The minimum Gasteiger partial charge on any atom is -0.456 e. The molecule has 0 atom stereocenters. The van der Waals surface area contributed by atoms with Gasteiger partial charge in [0.25, 0.3) is 0 Å². The van der Waals surface area contributed by atoms with Gasteiger partial charge in [0.05, 0.1) is 16.5 Å². The summed E-state index contributed by atoms with van der Waals surface area (Å²) in [5.41, 5.74) is 10.0. The lowest BCUT2D eigenvalue weighted by atomic mass is 9.98. The van der Waals surface area contributed by atoms with Crippen LogP contribution in [0.1, 0.15) is 5.48 Å². The maximum absolute atomic E-state index is 9.28. The smallest absolute Gasteiger partial charge is 0.238 e. The summed E-state index contributed by atoms with van der Waals surface area (Å²) in [7, 11) is 0. The summed E-state index contributed by atoms with van der Waals surface area (Å²) in [6, 6.07) is 55.5. The van der Waals surface area contributed by atoms with Crippen molar-refractivity contribution in [1.29, 1.82) is 0 Å². The van der Waals surface area contributed by atoms with Crippen molar-refractivity contribution >= 4 is 43.7 Å². The molecular formula is C51H32N4O. The predicted molar refractivity (Wildman–Crippen MR) is 229 cm³/mol. The second-order valence-corrected chi connectivity index (χ2v) is 13.8. The maximum atomic E-state index is 9.28.